The molecule has 0 radical (unpaired) electrons. The van der Waals surface area contributed by atoms with Gasteiger partial charge in [-0.1, -0.05) is 51.1 Å². The fourth-order valence-electron chi connectivity index (χ4n) is 6.15. The van der Waals surface area contributed by atoms with Crippen molar-refractivity contribution in [1.29, 1.82) is 0 Å². The average molecular weight is 488 g/mol. The van der Waals surface area contributed by atoms with Crippen LogP contribution in [-0.2, 0) is 20.9 Å². The zero-order valence-electron chi connectivity index (χ0n) is 20.3. The van der Waals surface area contributed by atoms with E-state index in [1.54, 1.807) is 16.7 Å². The Morgan fingerprint density at radius 3 is 2.59 bits per heavy atom. The minimum absolute atomic E-state index is 0.0510. The van der Waals surface area contributed by atoms with Gasteiger partial charge in [0.15, 0.2) is 0 Å². The number of carbonyl (C=O) groups excluding carboxylic acids is 3. The van der Waals surface area contributed by atoms with Crippen LogP contribution in [0.5, 0.6) is 0 Å². The summed E-state index contributed by atoms with van der Waals surface area (Å²) in [6.45, 7) is 6.86. The summed E-state index contributed by atoms with van der Waals surface area (Å²) in [5.74, 6) is -1.11. The molecular weight excluding hydrogens is 450 g/mol. The Balaban J connectivity index is 1.67. The fourth-order valence-corrected chi connectivity index (χ4v) is 8.36. The summed E-state index contributed by atoms with van der Waals surface area (Å²) in [6, 6.07) is 8.57. The molecule has 3 saturated heterocycles. The summed E-state index contributed by atoms with van der Waals surface area (Å²) in [7, 11) is 0. The first kappa shape index (κ1) is 25.0. The SMILES string of the molecule is CCCNC(=O)[C@@H]1[C@@H]2CCC3(S2)C(C(=O)NCc2ccccc2)N([C@@H](CO)CC(C)C)C(=O)[C@H]13. The van der Waals surface area contributed by atoms with Crippen molar-refractivity contribution in [3.63, 3.8) is 0 Å². The van der Waals surface area contributed by atoms with Gasteiger partial charge >= 0.3 is 0 Å². The van der Waals surface area contributed by atoms with E-state index in [1.807, 2.05) is 51.1 Å². The highest BCUT2D eigenvalue weighted by Gasteiger charge is 2.74. The maximum atomic E-state index is 14.0. The number of amides is 3. The number of likely N-dealkylation sites (tertiary alicyclic amines) is 1. The molecule has 3 N–H and O–H groups in total. The van der Waals surface area contributed by atoms with Gasteiger partial charge in [-0.2, -0.15) is 0 Å². The first-order valence-electron chi connectivity index (χ1n) is 12.5. The molecule has 3 amide bonds. The maximum Gasteiger partial charge on any atom is 0.244 e. The summed E-state index contributed by atoms with van der Waals surface area (Å²) in [4.78, 5) is 42.5. The summed E-state index contributed by atoms with van der Waals surface area (Å²) < 4.78 is -0.624. The van der Waals surface area contributed by atoms with Crippen molar-refractivity contribution in [3.05, 3.63) is 35.9 Å². The normalized spacial score (nSPS) is 30.5. The van der Waals surface area contributed by atoms with Crippen LogP contribution >= 0.6 is 11.8 Å². The van der Waals surface area contributed by atoms with E-state index >= 15 is 0 Å². The lowest BCUT2D eigenvalue weighted by Crippen LogP contribution is -2.56. The standard InChI is InChI=1S/C26H37N3O4S/c1-4-12-27-23(31)20-19-10-11-26(34-19)21(20)25(33)29(18(15-30)13-16(2)3)22(26)24(32)28-14-17-8-6-5-7-9-17/h5-9,16,18-22,30H,4,10-15H2,1-3H3,(H,27,31)(H,28,32)/t18-,19+,20-,21+,22?,26?/m1/s1. The quantitative estimate of drug-likeness (QED) is 0.471. The van der Waals surface area contributed by atoms with Gasteiger partial charge < -0.3 is 20.6 Å². The summed E-state index contributed by atoms with van der Waals surface area (Å²) in [5, 5.41) is 16.4. The van der Waals surface area contributed by atoms with Gasteiger partial charge in [0.05, 0.1) is 29.2 Å². The molecule has 0 aliphatic carbocycles. The molecule has 4 rings (SSSR count). The topological polar surface area (TPSA) is 98.7 Å². The van der Waals surface area contributed by atoms with Crippen molar-refractivity contribution < 1.29 is 19.5 Å². The molecule has 8 heteroatoms. The van der Waals surface area contributed by atoms with Crippen LogP contribution in [0.25, 0.3) is 0 Å². The molecule has 3 heterocycles. The van der Waals surface area contributed by atoms with Gasteiger partial charge in [-0.05, 0) is 37.2 Å². The Labute approximate surface area is 206 Å². The average Bonchev–Trinajstić information content (AvgIpc) is 3.47. The molecule has 1 spiro atoms. The van der Waals surface area contributed by atoms with Crippen LogP contribution in [0, 0.1) is 17.8 Å². The number of thioether (sulfide) groups is 1. The lowest BCUT2D eigenvalue weighted by Gasteiger charge is -2.37. The van der Waals surface area contributed by atoms with E-state index in [1.165, 1.54) is 0 Å². The molecule has 186 valence electrons. The van der Waals surface area contributed by atoms with Crippen LogP contribution in [0.15, 0.2) is 30.3 Å². The first-order chi connectivity index (χ1) is 16.3. The molecule has 2 unspecified atom stereocenters. The summed E-state index contributed by atoms with van der Waals surface area (Å²) in [5.41, 5.74) is 0.988. The predicted molar refractivity (Wildman–Crippen MR) is 133 cm³/mol. The van der Waals surface area contributed by atoms with Crippen molar-refractivity contribution in [2.45, 2.75) is 75.1 Å². The highest BCUT2D eigenvalue weighted by atomic mass is 32.2. The summed E-state index contributed by atoms with van der Waals surface area (Å²) >= 11 is 1.67. The van der Waals surface area contributed by atoms with Crippen molar-refractivity contribution in [2.75, 3.05) is 13.2 Å². The van der Waals surface area contributed by atoms with Gasteiger partial charge in [-0.15, -0.1) is 11.8 Å². The van der Waals surface area contributed by atoms with Crippen LogP contribution < -0.4 is 10.6 Å². The lowest BCUT2D eigenvalue weighted by molar-refractivity contribution is -0.143. The number of hydrogen-bond donors (Lipinski definition) is 3. The number of benzene rings is 1. The molecule has 7 nitrogen and oxygen atoms in total. The zero-order valence-corrected chi connectivity index (χ0v) is 21.1. The second-order valence-electron chi connectivity index (χ2n) is 10.3. The van der Waals surface area contributed by atoms with E-state index in [0.717, 1.165) is 24.8 Å². The Morgan fingerprint density at radius 1 is 1.21 bits per heavy atom. The van der Waals surface area contributed by atoms with Crippen LogP contribution in [-0.4, -0.2) is 63.0 Å². The largest absolute Gasteiger partial charge is 0.394 e. The third-order valence-corrected chi connectivity index (χ3v) is 9.45. The molecular formula is C26H37N3O4S. The van der Waals surface area contributed by atoms with Crippen LogP contribution in [0.2, 0.25) is 0 Å². The molecule has 0 aromatic heterocycles. The van der Waals surface area contributed by atoms with Crippen LogP contribution in [0.1, 0.15) is 52.0 Å². The summed E-state index contributed by atoms with van der Waals surface area (Å²) in [6.07, 6.45) is 2.99. The first-order valence-corrected chi connectivity index (χ1v) is 13.4. The molecule has 6 atom stereocenters. The number of rotatable bonds is 10. The second kappa shape index (κ2) is 10.3. The Kier molecular flexibility index (Phi) is 7.57. The second-order valence-corrected chi connectivity index (χ2v) is 11.9. The molecule has 1 aromatic carbocycles. The van der Waals surface area contributed by atoms with E-state index in [4.69, 9.17) is 0 Å². The van der Waals surface area contributed by atoms with E-state index in [-0.39, 0.29) is 35.5 Å². The van der Waals surface area contributed by atoms with Gasteiger partial charge in [-0.25, -0.2) is 0 Å². The molecule has 3 fully saturated rings. The highest BCUT2D eigenvalue weighted by molar-refractivity contribution is 8.02. The number of aliphatic hydroxyl groups is 1. The highest BCUT2D eigenvalue weighted by Crippen LogP contribution is 2.66. The monoisotopic (exact) mass is 487 g/mol. The minimum Gasteiger partial charge on any atom is -0.394 e. The van der Waals surface area contributed by atoms with E-state index in [0.29, 0.717) is 19.5 Å². The zero-order chi connectivity index (χ0) is 24.5. The number of hydrogen-bond acceptors (Lipinski definition) is 5. The van der Waals surface area contributed by atoms with Crippen molar-refractivity contribution >= 4 is 29.5 Å². The van der Waals surface area contributed by atoms with Crippen LogP contribution in [0.4, 0.5) is 0 Å². The van der Waals surface area contributed by atoms with Gasteiger partial charge in [0.25, 0.3) is 0 Å². The third kappa shape index (κ3) is 4.35. The Hall–Kier alpha value is -2.06. The minimum atomic E-state index is -0.691. The van der Waals surface area contributed by atoms with E-state index < -0.39 is 28.7 Å². The molecule has 1 aromatic rings. The number of aliphatic hydroxyl groups excluding tert-OH is 1. The van der Waals surface area contributed by atoms with Crippen LogP contribution in [0.3, 0.4) is 0 Å². The van der Waals surface area contributed by atoms with E-state index in [9.17, 15) is 19.5 Å². The Morgan fingerprint density at radius 2 is 1.94 bits per heavy atom. The third-order valence-electron chi connectivity index (χ3n) is 7.50. The number of fused-ring (bicyclic) bond motifs is 1. The molecule has 3 aliphatic heterocycles. The van der Waals surface area contributed by atoms with Crippen molar-refractivity contribution in [2.24, 2.45) is 17.8 Å². The van der Waals surface area contributed by atoms with Crippen molar-refractivity contribution in [1.82, 2.24) is 15.5 Å². The van der Waals surface area contributed by atoms with Gasteiger partial charge in [-0.3, -0.25) is 14.4 Å². The predicted octanol–water partition coefficient (Wildman–Crippen LogP) is 2.33. The Bertz CT molecular complexity index is 911. The number of nitrogens with one attached hydrogen (secondary N) is 2. The smallest absolute Gasteiger partial charge is 0.244 e. The lowest BCUT2D eigenvalue weighted by atomic mass is 9.70. The van der Waals surface area contributed by atoms with Gasteiger partial charge in [0, 0.05) is 18.3 Å². The molecule has 34 heavy (non-hydrogen) atoms. The number of nitrogens with zero attached hydrogens (tertiary/aromatic N) is 1. The van der Waals surface area contributed by atoms with Gasteiger partial charge in [0.2, 0.25) is 17.7 Å². The van der Waals surface area contributed by atoms with Crippen molar-refractivity contribution in [3.8, 4) is 0 Å². The molecule has 2 bridgehead atoms. The van der Waals surface area contributed by atoms with E-state index in [2.05, 4.69) is 10.6 Å². The maximum absolute atomic E-state index is 14.0. The molecule has 0 saturated carbocycles. The number of carbonyl (C=O) groups is 3. The fraction of sp³-hybridized carbons (Fsp3) is 0.654. The van der Waals surface area contributed by atoms with Gasteiger partial charge in [0.1, 0.15) is 6.04 Å². The molecule has 3 aliphatic rings.